The highest BCUT2D eigenvalue weighted by Gasteiger charge is 2.24. The quantitative estimate of drug-likeness (QED) is 0.734. The van der Waals surface area contributed by atoms with Crippen LogP contribution in [0.15, 0.2) is 0 Å². The summed E-state index contributed by atoms with van der Waals surface area (Å²) in [5.41, 5.74) is 0. The molecule has 84 valence electrons. The Morgan fingerprint density at radius 2 is 1.93 bits per heavy atom. The van der Waals surface area contributed by atoms with Crippen LogP contribution in [0.25, 0.3) is 0 Å². The van der Waals surface area contributed by atoms with Crippen molar-refractivity contribution in [1.29, 1.82) is 0 Å². The van der Waals surface area contributed by atoms with E-state index in [0.29, 0.717) is 5.92 Å². The molecule has 0 amide bonds. The summed E-state index contributed by atoms with van der Waals surface area (Å²) in [6.45, 7) is 7.84. The second-order valence-corrected chi connectivity index (χ2v) is 4.51. The summed E-state index contributed by atoms with van der Waals surface area (Å²) in [5.74, 6) is 0.537. The van der Waals surface area contributed by atoms with Crippen molar-refractivity contribution in [2.45, 2.75) is 52.1 Å². The van der Waals surface area contributed by atoms with E-state index in [9.17, 15) is 5.11 Å². The van der Waals surface area contributed by atoms with Gasteiger partial charge in [0.25, 0.3) is 0 Å². The van der Waals surface area contributed by atoms with Crippen molar-refractivity contribution in [1.82, 2.24) is 4.90 Å². The maximum atomic E-state index is 9.85. The summed E-state index contributed by atoms with van der Waals surface area (Å²) in [4.78, 5) is 2.47. The van der Waals surface area contributed by atoms with Gasteiger partial charge in [0, 0.05) is 6.54 Å². The summed E-state index contributed by atoms with van der Waals surface area (Å²) in [5, 5.41) is 9.85. The minimum Gasteiger partial charge on any atom is -0.393 e. The smallest absolute Gasteiger partial charge is 0.0580 e. The number of hydrogen-bond donors (Lipinski definition) is 1. The van der Waals surface area contributed by atoms with Gasteiger partial charge in [0.15, 0.2) is 0 Å². The Morgan fingerprint density at radius 3 is 2.50 bits per heavy atom. The first kappa shape index (κ1) is 12.0. The number of rotatable bonds is 5. The van der Waals surface area contributed by atoms with Crippen LogP contribution in [0.4, 0.5) is 0 Å². The van der Waals surface area contributed by atoms with E-state index in [2.05, 4.69) is 18.7 Å². The van der Waals surface area contributed by atoms with Crippen LogP contribution >= 0.6 is 0 Å². The van der Waals surface area contributed by atoms with Gasteiger partial charge in [0.1, 0.15) is 0 Å². The van der Waals surface area contributed by atoms with Crippen molar-refractivity contribution >= 4 is 0 Å². The van der Waals surface area contributed by atoms with E-state index >= 15 is 0 Å². The largest absolute Gasteiger partial charge is 0.393 e. The minimum absolute atomic E-state index is 0.0327. The third-order valence-corrected chi connectivity index (χ3v) is 3.35. The Morgan fingerprint density at radius 1 is 1.21 bits per heavy atom. The zero-order valence-electron chi connectivity index (χ0n) is 9.71. The molecule has 0 saturated heterocycles. The molecule has 1 aliphatic rings. The molecule has 1 fully saturated rings. The maximum absolute atomic E-state index is 9.85. The Kier molecular flexibility index (Phi) is 5.49. The van der Waals surface area contributed by atoms with Crippen LogP contribution in [-0.2, 0) is 0 Å². The Labute approximate surface area is 88.3 Å². The van der Waals surface area contributed by atoms with Crippen molar-refractivity contribution in [2.24, 2.45) is 5.92 Å². The minimum atomic E-state index is -0.0327. The monoisotopic (exact) mass is 199 g/mol. The molecule has 1 N–H and O–H groups in total. The van der Waals surface area contributed by atoms with Crippen molar-refractivity contribution in [2.75, 3.05) is 19.6 Å². The standard InChI is InChI=1S/C12H25NO/c1-3-9-13(4-2)10-11-7-5-6-8-12(11)14/h11-12,14H,3-10H2,1-2H3. The summed E-state index contributed by atoms with van der Waals surface area (Å²) >= 11 is 0. The second-order valence-electron chi connectivity index (χ2n) is 4.51. The van der Waals surface area contributed by atoms with Crippen LogP contribution in [0.3, 0.4) is 0 Å². The Balaban J connectivity index is 2.31. The lowest BCUT2D eigenvalue weighted by Gasteiger charge is -2.32. The molecular formula is C12H25NO. The molecule has 0 bridgehead atoms. The van der Waals surface area contributed by atoms with Crippen LogP contribution < -0.4 is 0 Å². The van der Waals surface area contributed by atoms with Crippen LogP contribution in [0.5, 0.6) is 0 Å². The van der Waals surface area contributed by atoms with Crippen molar-refractivity contribution in [3.05, 3.63) is 0 Å². The highest BCUT2D eigenvalue weighted by atomic mass is 16.3. The van der Waals surface area contributed by atoms with E-state index in [1.807, 2.05) is 0 Å². The molecule has 0 aliphatic heterocycles. The molecule has 1 aliphatic carbocycles. The molecule has 2 unspecified atom stereocenters. The first-order valence-electron chi connectivity index (χ1n) is 6.18. The highest BCUT2D eigenvalue weighted by Crippen LogP contribution is 2.25. The van der Waals surface area contributed by atoms with Crippen molar-refractivity contribution in [3.8, 4) is 0 Å². The first-order valence-corrected chi connectivity index (χ1v) is 6.18. The van der Waals surface area contributed by atoms with E-state index in [4.69, 9.17) is 0 Å². The number of aliphatic hydroxyl groups is 1. The summed E-state index contributed by atoms with van der Waals surface area (Å²) < 4.78 is 0. The van der Waals surface area contributed by atoms with Crippen molar-refractivity contribution in [3.63, 3.8) is 0 Å². The zero-order chi connectivity index (χ0) is 10.4. The third-order valence-electron chi connectivity index (χ3n) is 3.35. The lowest BCUT2D eigenvalue weighted by molar-refractivity contribution is 0.0475. The molecule has 0 spiro atoms. The molecular weight excluding hydrogens is 174 g/mol. The zero-order valence-corrected chi connectivity index (χ0v) is 9.71. The SMILES string of the molecule is CCCN(CC)CC1CCCCC1O. The molecule has 2 heteroatoms. The van der Waals surface area contributed by atoms with Gasteiger partial charge < -0.3 is 10.0 Å². The lowest BCUT2D eigenvalue weighted by atomic mass is 9.86. The van der Waals surface area contributed by atoms with Gasteiger partial charge in [-0.1, -0.05) is 26.7 Å². The Hall–Kier alpha value is -0.0800. The van der Waals surface area contributed by atoms with Gasteiger partial charge in [0.05, 0.1) is 6.10 Å². The third kappa shape index (κ3) is 3.58. The predicted octanol–water partition coefficient (Wildman–Crippen LogP) is 2.27. The number of nitrogens with zero attached hydrogens (tertiary/aromatic N) is 1. The molecule has 0 heterocycles. The first-order chi connectivity index (χ1) is 6.77. The van der Waals surface area contributed by atoms with Crippen LogP contribution in [-0.4, -0.2) is 35.7 Å². The van der Waals surface area contributed by atoms with Gasteiger partial charge in [-0.3, -0.25) is 0 Å². The molecule has 0 radical (unpaired) electrons. The van der Waals surface area contributed by atoms with Crippen LogP contribution in [0.2, 0.25) is 0 Å². The summed E-state index contributed by atoms with van der Waals surface area (Å²) in [6, 6.07) is 0. The van der Waals surface area contributed by atoms with Crippen molar-refractivity contribution < 1.29 is 5.11 Å². The summed E-state index contributed by atoms with van der Waals surface area (Å²) in [6.07, 6.45) is 5.96. The van der Waals surface area contributed by atoms with Gasteiger partial charge in [-0.15, -0.1) is 0 Å². The predicted molar refractivity (Wildman–Crippen MR) is 60.4 cm³/mol. The number of hydrogen-bond acceptors (Lipinski definition) is 2. The van der Waals surface area contributed by atoms with E-state index in [1.54, 1.807) is 0 Å². The normalized spacial score (nSPS) is 28.3. The molecule has 0 aromatic carbocycles. The van der Waals surface area contributed by atoms with E-state index in [-0.39, 0.29) is 6.10 Å². The van der Waals surface area contributed by atoms with Crippen LogP contribution in [0.1, 0.15) is 46.0 Å². The fourth-order valence-electron chi connectivity index (χ4n) is 2.43. The summed E-state index contributed by atoms with van der Waals surface area (Å²) in [7, 11) is 0. The average Bonchev–Trinajstić information content (AvgIpc) is 2.20. The van der Waals surface area contributed by atoms with Gasteiger partial charge in [-0.2, -0.15) is 0 Å². The molecule has 2 nitrogen and oxygen atoms in total. The second kappa shape index (κ2) is 6.41. The van der Waals surface area contributed by atoms with E-state index in [0.717, 1.165) is 19.5 Å². The molecule has 2 atom stereocenters. The molecule has 0 aromatic rings. The van der Waals surface area contributed by atoms with E-state index in [1.165, 1.54) is 32.2 Å². The van der Waals surface area contributed by atoms with Gasteiger partial charge >= 0.3 is 0 Å². The highest BCUT2D eigenvalue weighted by molar-refractivity contribution is 4.77. The maximum Gasteiger partial charge on any atom is 0.0580 e. The van der Waals surface area contributed by atoms with Gasteiger partial charge in [-0.05, 0) is 38.3 Å². The number of aliphatic hydroxyl groups excluding tert-OH is 1. The van der Waals surface area contributed by atoms with Crippen LogP contribution in [0, 0.1) is 5.92 Å². The molecule has 0 aromatic heterocycles. The van der Waals surface area contributed by atoms with E-state index < -0.39 is 0 Å². The average molecular weight is 199 g/mol. The lowest BCUT2D eigenvalue weighted by Crippen LogP contribution is -2.37. The van der Waals surface area contributed by atoms with Gasteiger partial charge in [-0.25, -0.2) is 0 Å². The molecule has 1 rings (SSSR count). The van der Waals surface area contributed by atoms with Gasteiger partial charge in [0.2, 0.25) is 0 Å². The molecule has 14 heavy (non-hydrogen) atoms. The fourth-order valence-corrected chi connectivity index (χ4v) is 2.43. The topological polar surface area (TPSA) is 23.5 Å². The fraction of sp³-hybridized carbons (Fsp3) is 1.00. The molecule has 1 saturated carbocycles. The Bertz CT molecular complexity index is 149.